The first-order valence-corrected chi connectivity index (χ1v) is 9.37. The fraction of sp³-hybridized carbons (Fsp3) is 0.409. The molecule has 0 spiro atoms. The summed E-state index contributed by atoms with van der Waals surface area (Å²) in [6.07, 6.45) is 4.07. The van der Waals surface area contributed by atoms with Crippen molar-refractivity contribution in [3.8, 4) is 0 Å². The summed E-state index contributed by atoms with van der Waals surface area (Å²) >= 11 is 0. The molecule has 2 aromatic rings. The van der Waals surface area contributed by atoms with E-state index in [1.54, 1.807) is 0 Å². The topological polar surface area (TPSA) is 32.3 Å². The molecule has 3 rings (SSSR count). The number of benzene rings is 2. The maximum Gasteiger partial charge on any atom is 0.223 e. The molecule has 1 amide bonds. The Hall–Kier alpha value is -2.13. The van der Waals surface area contributed by atoms with Crippen LogP contribution in [0.2, 0.25) is 0 Å². The number of hydrogen-bond acceptors (Lipinski definition) is 2. The van der Waals surface area contributed by atoms with Gasteiger partial charge in [-0.25, -0.2) is 0 Å². The van der Waals surface area contributed by atoms with Crippen LogP contribution in [-0.2, 0) is 17.9 Å². The number of rotatable bonds is 7. The van der Waals surface area contributed by atoms with Crippen molar-refractivity contribution in [1.82, 2.24) is 10.2 Å². The number of carbonyl (C=O) groups excluding carboxylic acids is 1. The Bertz CT molecular complexity index is 594. The van der Waals surface area contributed by atoms with Crippen LogP contribution in [0.3, 0.4) is 0 Å². The van der Waals surface area contributed by atoms with E-state index in [0.717, 1.165) is 19.5 Å². The largest absolute Gasteiger partial charge is 0.334 e. The lowest BCUT2D eigenvalue weighted by atomic mass is 9.93. The van der Waals surface area contributed by atoms with Gasteiger partial charge < -0.3 is 10.2 Å². The molecule has 0 atom stereocenters. The molecule has 1 aliphatic heterocycles. The average Bonchev–Trinajstić information content (AvgIpc) is 2.68. The third kappa shape index (κ3) is 5.71. The minimum absolute atomic E-state index is 0.270. The third-order valence-electron chi connectivity index (χ3n) is 5.01. The number of nitrogens with one attached hydrogen (secondary N) is 1. The minimum atomic E-state index is 0.270. The van der Waals surface area contributed by atoms with Gasteiger partial charge in [-0.15, -0.1) is 0 Å². The summed E-state index contributed by atoms with van der Waals surface area (Å²) in [5.74, 6) is 0.965. The van der Waals surface area contributed by atoms with Crippen LogP contribution in [0.1, 0.15) is 36.8 Å². The molecule has 0 saturated carbocycles. The average molecular weight is 336 g/mol. The van der Waals surface area contributed by atoms with Crippen LogP contribution in [0.5, 0.6) is 0 Å². The summed E-state index contributed by atoms with van der Waals surface area (Å²) in [5, 5.41) is 3.40. The predicted molar refractivity (Wildman–Crippen MR) is 102 cm³/mol. The van der Waals surface area contributed by atoms with Crippen molar-refractivity contribution < 1.29 is 4.79 Å². The van der Waals surface area contributed by atoms with E-state index >= 15 is 0 Å². The lowest BCUT2D eigenvalue weighted by molar-refractivity contribution is -0.132. The van der Waals surface area contributed by atoms with Crippen LogP contribution in [0.15, 0.2) is 60.7 Å². The highest BCUT2D eigenvalue weighted by atomic mass is 16.2. The molecular formula is C22H28N2O. The van der Waals surface area contributed by atoms with Crippen molar-refractivity contribution in [2.45, 2.75) is 38.8 Å². The summed E-state index contributed by atoms with van der Waals surface area (Å²) in [6.45, 7) is 3.55. The van der Waals surface area contributed by atoms with E-state index in [9.17, 15) is 4.79 Å². The number of piperidine rings is 1. The van der Waals surface area contributed by atoms with Gasteiger partial charge >= 0.3 is 0 Å². The second-order valence-electron chi connectivity index (χ2n) is 6.95. The molecular weight excluding hydrogens is 308 g/mol. The van der Waals surface area contributed by atoms with Crippen molar-refractivity contribution in [3.05, 3.63) is 71.8 Å². The Morgan fingerprint density at radius 3 is 1.92 bits per heavy atom. The highest BCUT2D eigenvalue weighted by Crippen LogP contribution is 2.20. The normalized spacial score (nSPS) is 15.0. The van der Waals surface area contributed by atoms with E-state index in [1.165, 1.54) is 24.0 Å². The molecule has 0 aliphatic carbocycles. The molecule has 1 N–H and O–H groups in total. The molecule has 0 bridgehead atoms. The molecule has 3 nitrogen and oxygen atoms in total. The fourth-order valence-corrected chi connectivity index (χ4v) is 3.50. The van der Waals surface area contributed by atoms with Gasteiger partial charge in [0.25, 0.3) is 0 Å². The maximum atomic E-state index is 12.9. The van der Waals surface area contributed by atoms with E-state index in [-0.39, 0.29) is 5.91 Å². The predicted octanol–water partition coefficient (Wildman–Crippen LogP) is 4.00. The van der Waals surface area contributed by atoms with Gasteiger partial charge in [-0.2, -0.15) is 0 Å². The molecule has 1 aliphatic rings. The van der Waals surface area contributed by atoms with Crippen LogP contribution < -0.4 is 5.32 Å². The van der Waals surface area contributed by atoms with Crippen molar-refractivity contribution >= 4 is 5.91 Å². The number of amides is 1. The fourth-order valence-electron chi connectivity index (χ4n) is 3.50. The van der Waals surface area contributed by atoms with Gasteiger partial charge in [-0.3, -0.25) is 4.79 Å². The minimum Gasteiger partial charge on any atom is -0.334 e. The van der Waals surface area contributed by atoms with Gasteiger partial charge in [0.15, 0.2) is 0 Å². The molecule has 25 heavy (non-hydrogen) atoms. The monoisotopic (exact) mass is 336 g/mol. The summed E-state index contributed by atoms with van der Waals surface area (Å²) in [7, 11) is 0. The first-order chi connectivity index (χ1) is 12.3. The van der Waals surface area contributed by atoms with Crippen LogP contribution in [0.4, 0.5) is 0 Å². The molecule has 2 aromatic carbocycles. The Morgan fingerprint density at radius 1 is 0.880 bits per heavy atom. The third-order valence-corrected chi connectivity index (χ3v) is 5.01. The van der Waals surface area contributed by atoms with E-state index in [0.29, 0.717) is 25.4 Å². The second kappa shape index (κ2) is 9.38. The quantitative estimate of drug-likeness (QED) is 0.829. The van der Waals surface area contributed by atoms with Crippen LogP contribution in [-0.4, -0.2) is 23.9 Å². The van der Waals surface area contributed by atoms with E-state index < -0.39 is 0 Å². The zero-order valence-corrected chi connectivity index (χ0v) is 14.9. The van der Waals surface area contributed by atoms with E-state index in [2.05, 4.69) is 29.6 Å². The highest BCUT2D eigenvalue weighted by molar-refractivity contribution is 5.76. The zero-order valence-electron chi connectivity index (χ0n) is 14.9. The van der Waals surface area contributed by atoms with Gasteiger partial charge in [0.1, 0.15) is 0 Å². The molecule has 1 heterocycles. The molecule has 1 saturated heterocycles. The first-order valence-electron chi connectivity index (χ1n) is 9.37. The van der Waals surface area contributed by atoms with Crippen LogP contribution in [0.25, 0.3) is 0 Å². The lowest BCUT2D eigenvalue weighted by Gasteiger charge is -2.26. The smallest absolute Gasteiger partial charge is 0.223 e. The van der Waals surface area contributed by atoms with Crippen molar-refractivity contribution in [2.24, 2.45) is 5.92 Å². The van der Waals surface area contributed by atoms with Gasteiger partial charge in [0.05, 0.1) is 0 Å². The van der Waals surface area contributed by atoms with Gasteiger partial charge in [0.2, 0.25) is 5.91 Å². The molecule has 1 fully saturated rings. The lowest BCUT2D eigenvalue weighted by Crippen LogP contribution is -2.32. The van der Waals surface area contributed by atoms with Crippen LogP contribution >= 0.6 is 0 Å². The van der Waals surface area contributed by atoms with Gasteiger partial charge in [-0.1, -0.05) is 60.7 Å². The summed E-state index contributed by atoms with van der Waals surface area (Å²) in [6, 6.07) is 20.6. The Kier molecular flexibility index (Phi) is 6.63. The Labute approximate surface area is 151 Å². The molecule has 132 valence electrons. The Morgan fingerprint density at radius 2 is 1.40 bits per heavy atom. The second-order valence-corrected chi connectivity index (χ2v) is 6.95. The number of nitrogens with zero attached hydrogens (tertiary/aromatic N) is 1. The summed E-state index contributed by atoms with van der Waals surface area (Å²) < 4.78 is 0. The molecule has 0 radical (unpaired) electrons. The van der Waals surface area contributed by atoms with Gasteiger partial charge in [0, 0.05) is 19.5 Å². The first kappa shape index (κ1) is 17.7. The molecule has 0 aromatic heterocycles. The summed E-state index contributed by atoms with van der Waals surface area (Å²) in [5.41, 5.74) is 2.38. The Balaban J connectivity index is 1.62. The standard InChI is InChI=1S/C22H28N2O/c25-22(12-11-19-13-15-23-16-14-19)24(17-20-7-3-1-4-8-20)18-21-9-5-2-6-10-21/h1-10,19,23H,11-18H2. The van der Waals surface area contributed by atoms with Crippen LogP contribution in [0, 0.1) is 5.92 Å². The molecule has 0 unspecified atom stereocenters. The SMILES string of the molecule is O=C(CCC1CCNCC1)N(Cc1ccccc1)Cc1ccccc1. The van der Waals surface area contributed by atoms with Crippen molar-refractivity contribution in [2.75, 3.05) is 13.1 Å². The van der Waals surface area contributed by atoms with E-state index in [1.807, 2.05) is 41.3 Å². The molecule has 3 heteroatoms. The van der Waals surface area contributed by atoms with Crippen molar-refractivity contribution in [1.29, 1.82) is 0 Å². The number of hydrogen-bond donors (Lipinski definition) is 1. The van der Waals surface area contributed by atoms with E-state index in [4.69, 9.17) is 0 Å². The number of carbonyl (C=O) groups is 1. The maximum absolute atomic E-state index is 12.9. The zero-order chi connectivity index (χ0) is 17.3. The van der Waals surface area contributed by atoms with Gasteiger partial charge in [-0.05, 0) is 49.4 Å². The van der Waals surface area contributed by atoms with Crippen molar-refractivity contribution in [3.63, 3.8) is 0 Å². The summed E-state index contributed by atoms with van der Waals surface area (Å²) in [4.78, 5) is 14.9. The highest BCUT2D eigenvalue weighted by Gasteiger charge is 2.18.